The molecule has 6 nitrogen and oxygen atoms in total. The molecule has 0 spiro atoms. The lowest BCUT2D eigenvalue weighted by atomic mass is 9.92. The van der Waals surface area contributed by atoms with Gasteiger partial charge in [-0.25, -0.2) is 9.80 Å². The molecule has 6 heteroatoms. The van der Waals surface area contributed by atoms with Crippen LogP contribution in [0.5, 0.6) is 0 Å². The maximum absolute atomic E-state index is 11.8. The van der Waals surface area contributed by atoms with Gasteiger partial charge in [0.1, 0.15) is 11.7 Å². The molecule has 1 saturated carbocycles. The largest absolute Gasteiger partial charge is 0.461 e. The van der Waals surface area contributed by atoms with E-state index in [0.717, 1.165) is 25.7 Å². The molecule has 0 aromatic heterocycles. The van der Waals surface area contributed by atoms with Gasteiger partial charge in [0.15, 0.2) is 0 Å². The smallest absolute Gasteiger partial charge is 0.422 e. The summed E-state index contributed by atoms with van der Waals surface area (Å²) in [5.74, 6) is -0.285. The van der Waals surface area contributed by atoms with Crippen molar-refractivity contribution in [2.75, 3.05) is 7.05 Å². The monoisotopic (exact) mass is 286 g/mol. The molecule has 0 aromatic carbocycles. The predicted molar refractivity (Wildman–Crippen MR) is 74.9 cm³/mol. The number of amides is 1. The summed E-state index contributed by atoms with van der Waals surface area (Å²) in [6, 6.07) is -0.0137. The molecule has 1 fully saturated rings. The van der Waals surface area contributed by atoms with Crippen molar-refractivity contribution in [1.82, 2.24) is 10.4 Å². The normalized spacial score (nSPS) is 23.3. The topological polar surface area (TPSA) is 67.9 Å². The van der Waals surface area contributed by atoms with Crippen molar-refractivity contribution in [2.45, 2.75) is 71.1 Å². The first kappa shape index (κ1) is 16.8. The number of hydrazine groups is 1. The predicted octanol–water partition coefficient (Wildman–Crippen LogP) is 2.23. The molecule has 0 saturated heterocycles. The van der Waals surface area contributed by atoms with Crippen molar-refractivity contribution in [3.8, 4) is 0 Å². The Morgan fingerprint density at radius 2 is 1.80 bits per heavy atom. The Bertz CT molecular complexity index is 352. The number of likely N-dealkylation sites (N-methyl/N-ethyl adjacent to an activating group) is 1. The molecule has 0 unspecified atom stereocenters. The summed E-state index contributed by atoms with van der Waals surface area (Å²) in [4.78, 5) is 22.9. The second-order valence-electron chi connectivity index (χ2n) is 6.22. The third kappa shape index (κ3) is 5.77. The molecular formula is C14H26N2O4. The van der Waals surface area contributed by atoms with E-state index in [1.807, 2.05) is 20.8 Å². The highest BCUT2D eigenvalue weighted by atomic mass is 16.6. The Labute approximate surface area is 120 Å². The lowest BCUT2D eigenvalue weighted by molar-refractivity contribution is -0.152. The van der Waals surface area contributed by atoms with Crippen molar-refractivity contribution in [3.63, 3.8) is 0 Å². The van der Waals surface area contributed by atoms with Crippen molar-refractivity contribution >= 4 is 12.1 Å². The van der Waals surface area contributed by atoms with E-state index >= 15 is 0 Å². The Morgan fingerprint density at radius 3 is 2.35 bits per heavy atom. The summed E-state index contributed by atoms with van der Waals surface area (Å²) in [7, 11) is 1.77. The number of carbonyl (C=O) groups excluding carboxylic acids is 2. The van der Waals surface area contributed by atoms with Crippen LogP contribution in [0.15, 0.2) is 0 Å². The van der Waals surface area contributed by atoms with Gasteiger partial charge in [-0.1, -0.05) is 6.42 Å². The SMILES string of the molecule is CC(=O)O[C@@H]1CCCC[C@@H]1N(C)NC(=O)OC(C)(C)C. The van der Waals surface area contributed by atoms with Crippen LogP contribution in [0.1, 0.15) is 53.4 Å². The van der Waals surface area contributed by atoms with E-state index in [0.29, 0.717) is 0 Å². The van der Waals surface area contributed by atoms with Gasteiger partial charge in [-0.2, -0.15) is 0 Å². The molecule has 1 aliphatic carbocycles. The molecule has 1 N–H and O–H groups in total. The van der Waals surface area contributed by atoms with Crippen molar-refractivity contribution in [2.24, 2.45) is 0 Å². The van der Waals surface area contributed by atoms with E-state index in [9.17, 15) is 9.59 Å². The van der Waals surface area contributed by atoms with Gasteiger partial charge in [0.05, 0.1) is 6.04 Å². The number of nitrogens with one attached hydrogen (secondary N) is 1. The molecular weight excluding hydrogens is 260 g/mol. The summed E-state index contributed by atoms with van der Waals surface area (Å²) < 4.78 is 10.6. The second-order valence-corrected chi connectivity index (χ2v) is 6.22. The number of ether oxygens (including phenoxy) is 2. The van der Waals surface area contributed by atoms with Gasteiger partial charge in [-0.3, -0.25) is 10.2 Å². The Balaban J connectivity index is 2.56. The maximum Gasteiger partial charge on any atom is 0.422 e. The molecule has 0 aliphatic heterocycles. The molecule has 0 heterocycles. The van der Waals surface area contributed by atoms with Crippen LogP contribution in [0.2, 0.25) is 0 Å². The molecule has 0 radical (unpaired) electrons. The average Bonchev–Trinajstić information content (AvgIpc) is 2.25. The van der Waals surface area contributed by atoms with Crippen LogP contribution in [-0.4, -0.2) is 41.9 Å². The van der Waals surface area contributed by atoms with Gasteiger partial charge in [0.2, 0.25) is 0 Å². The van der Waals surface area contributed by atoms with Gasteiger partial charge < -0.3 is 9.47 Å². The fraction of sp³-hybridized carbons (Fsp3) is 0.857. The highest BCUT2D eigenvalue weighted by Crippen LogP contribution is 2.24. The quantitative estimate of drug-likeness (QED) is 0.636. The van der Waals surface area contributed by atoms with Crippen LogP contribution in [0, 0.1) is 0 Å². The third-order valence-corrected chi connectivity index (χ3v) is 3.15. The van der Waals surface area contributed by atoms with Crippen LogP contribution < -0.4 is 5.43 Å². The summed E-state index contributed by atoms with van der Waals surface area (Å²) in [6.45, 7) is 6.85. The number of esters is 1. The molecule has 20 heavy (non-hydrogen) atoms. The number of hydrogen-bond acceptors (Lipinski definition) is 5. The van der Waals surface area contributed by atoms with Gasteiger partial charge in [-0.15, -0.1) is 0 Å². The van der Waals surface area contributed by atoms with Crippen molar-refractivity contribution in [1.29, 1.82) is 0 Å². The first-order valence-corrected chi connectivity index (χ1v) is 7.09. The molecule has 0 bridgehead atoms. The van der Waals surface area contributed by atoms with Gasteiger partial charge >= 0.3 is 12.1 Å². The third-order valence-electron chi connectivity index (χ3n) is 3.15. The highest BCUT2D eigenvalue weighted by Gasteiger charge is 2.32. The number of carbonyl (C=O) groups is 2. The fourth-order valence-electron chi connectivity index (χ4n) is 2.40. The van der Waals surface area contributed by atoms with Crippen molar-refractivity contribution < 1.29 is 19.1 Å². The highest BCUT2D eigenvalue weighted by molar-refractivity contribution is 5.67. The van der Waals surface area contributed by atoms with Crippen LogP contribution in [0.4, 0.5) is 4.79 Å². The summed E-state index contributed by atoms with van der Waals surface area (Å²) in [6.07, 6.45) is 3.13. The van der Waals surface area contributed by atoms with Crippen LogP contribution in [0.25, 0.3) is 0 Å². The molecule has 1 aliphatic rings. The van der Waals surface area contributed by atoms with Crippen LogP contribution in [0.3, 0.4) is 0 Å². The Morgan fingerprint density at radius 1 is 1.20 bits per heavy atom. The average molecular weight is 286 g/mol. The molecule has 116 valence electrons. The summed E-state index contributed by atoms with van der Waals surface area (Å²) in [5.41, 5.74) is 2.16. The minimum absolute atomic E-state index is 0.0137. The lowest BCUT2D eigenvalue weighted by Crippen LogP contribution is -2.53. The van der Waals surface area contributed by atoms with Crippen LogP contribution in [-0.2, 0) is 14.3 Å². The van der Waals surface area contributed by atoms with Gasteiger partial charge in [0.25, 0.3) is 0 Å². The van der Waals surface area contributed by atoms with E-state index in [4.69, 9.17) is 9.47 Å². The minimum Gasteiger partial charge on any atom is -0.461 e. The van der Waals surface area contributed by atoms with E-state index in [1.54, 1.807) is 12.1 Å². The number of hydrogen-bond donors (Lipinski definition) is 1. The zero-order valence-electron chi connectivity index (χ0n) is 13.1. The van der Waals surface area contributed by atoms with E-state index in [1.165, 1.54) is 6.92 Å². The second kappa shape index (κ2) is 6.92. The fourth-order valence-corrected chi connectivity index (χ4v) is 2.40. The standard InChI is InChI=1S/C14H26N2O4/c1-10(17)19-12-9-7-6-8-11(12)16(5)15-13(18)20-14(2,3)4/h11-12H,6-9H2,1-5H3,(H,15,18)/t11-,12+/m0/s1. The van der Waals surface area contributed by atoms with E-state index in [2.05, 4.69) is 5.43 Å². The zero-order chi connectivity index (χ0) is 15.3. The summed E-state index contributed by atoms with van der Waals surface area (Å²) >= 11 is 0. The molecule has 2 atom stereocenters. The number of nitrogens with zero attached hydrogens (tertiary/aromatic N) is 1. The first-order chi connectivity index (χ1) is 9.19. The van der Waals surface area contributed by atoms with Crippen molar-refractivity contribution in [3.05, 3.63) is 0 Å². The molecule has 0 aromatic rings. The Kier molecular flexibility index (Phi) is 5.80. The molecule has 1 rings (SSSR count). The van der Waals surface area contributed by atoms with Gasteiger partial charge in [-0.05, 0) is 40.0 Å². The lowest BCUT2D eigenvalue weighted by Gasteiger charge is -2.37. The summed E-state index contributed by atoms with van der Waals surface area (Å²) in [5, 5.41) is 1.70. The van der Waals surface area contributed by atoms with Crippen LogP contribution >= 0.6 is 0 Å². The van der Waals surface area contributed by atoms with E-state index in [-0.39, 0.29) is 18.1 Å². The Hall–Kier alpha value is -1.30. The van der Waals surface area contributed by atoms with E-state index < -0.39 is 11.7 Å². The molecule has 1 amide bonds. The number of rotatable bonds is 3. The first-order valence-electron chi connectivity index (χ1n) is 7.09. The maximum atomic E-state index is 11.8. The minimum atomic E-state index is -0.535. The van der Waals surface area contributed by atoms with Gasteiger partial charge in [0, 0.05) is 14.0 Å². The zero-order valence-corrected chi connectivity index (χ0v) is 13.1.